The van der Waals surface area contributed by atoms with E-state index in [0.29, 0.717) is 45.0 Å². The maximum atomic E-state index is 12.5. The van der Waals surface area contributed by atoms with Gasteiger partial charge < -0.3 is 28.8 Å². The van der Waals surface area contributed by atoms with Gasteiger partial charge in [0.15, 0.2) is 6.29 Å². The fraction of sp³-hybridized carbons (Fsp3) is 0.844. The summed E-state index contributed by atoms with van der Waals surface area (Å²) in [5.74, 6) is -0.707. The molecule has 0 aliphatic carbocycles. The molecule has 0 bridgehead atoms. The number of allylic oxidation sites excluding steroid dienone is 4. The Morgan fingerprint density at radius 2 is 1.00 bits per heavy atom. The van der Waals surface area contributed by atoms with Gasteiger partial charge in [0.1, 0.15) is 0 Å². The highest BCUT2D eigenvalue weighted by Gasteiger charge is 2.17. The molecule has 0 aromatic heterocycles. The Bertz CT molecular complexity index is 895. The first kappa shape index (κ1) is 51.8. The predicted molar refractivity (Wildman–Crippen MR) is 219 cm³/mol. The van der Waals surface area contributed by atoms with Crippen molar-refractivity contribution in [1.82, 2.24) is 0 Å². The van der Waals surface area contributed by atoms with Crippen molar-refractivity contribution in [3.05, 3.63) is 24.3 Å². The van der Waals surface area contributed by atoms with Crippen LogP contribution in [0.15, 0.2) is 24.3 Å². The van der Waals surface area contributed by atoms with E-state index in [-0.39, 0.29) is 44.6 Å². The third-order valence-electron chi connectivity index (χ3n) is 9.48. The minimum absolute atomic E-state index is 0.0117. The average molecular weight is 767 g/mol. The van der Waals surface area contributed by atoms with Gasteiger partial charge >= 0.3 is 17.9 Å². The third-order valence-corrected chi connectivity index (χ3v) is 9.48. The van der Waals surface area contributed by atoms with E-state index in [9.17, 15) is 19.5 Å². The van der Waals surface area contributed by atoms with Crippen molar-refractivity contribution in [3.63, 3.8) is 0 Å². The Kier molecular flexibility index (Phi) is 38.8. The fourth-order valence-corrected chi connectivity index (χ4v) is 5.99. The monoisotopic (exact) mass is 767 g/mol. The Hall–Kier alpha value is -2.23. The largest absolute Gasteiger partial charge is 0.466 e. The molecule has 9 heteroatoms. The minimum atomic E-state index is -0.487. The number of aliphatic hydroxyl groups is 1. The van der Waals surface area contributed by atoms with Crippen molar-refractivity contribution in [1.29, 1.82) is 0 Å². The zero-order valence-electron chi connectivity index (χ0n) is 35.2. The zero-order chi connectivity index (χ0) is 39.7. The quantitative estimate of drug-likeness (QED) is 0.0214. The number of hydrogen-bond donors (Lipinski definition) is 1. The van der Waals surface area contributed by atoms with Crippen molar-refractivity contribution in [2.75, 3.05) is 39.6 Å². The number of unbranched alkanes of at least 4 members (excludes halogenated alkanes) is 11. The topological polar surface area (TPSA) is 118 Å². The molecule has 54 heavy (non-hydrogen) atoms. The van der Waals surface area contributed by atoms with Crippen molar-refractivity contribution < 1.29 is 43.2 Å². The van der Waals surface area contributed by atoms with Gasteiger partial charge in [-0.3, -0.25) is 14.4 Å². The summed E-state index contributed by atoms with van der Waals surface area (Å²) >= 11 is 0. The molecular weight excluding hydrogens is 684 g/mol. The molecule has 0 amide bonds. The highest BCUT2D eigenvalue weighted by Crippen LogP contribution is 2.21. The lowest BCUT2D eigenvalue weighted by Crippen LogP contribution is -2.25. The van der Waals surface area contributed by atoms with Crippen LogP contribution in [0.25, 0.3) is 0 Å². The van der Waals surface area contributed by atoms with Crippen LogP contribution in [0, 0.1) is 11.8 Å². The smallest absolute Gasteiger partial charge is 0.305 e. The van der Waals surface area contributed by atoms with E-state index in [1.807, 2.05) is 0 Å². The Morgan fingerprint density at radius 1 is 0.481 bits per heavy atom. The molecule has 0 spiro atoms. The summed E-state index contributed by atoms with van der Waals surface area (Å²) in [5, 5.41) is 9.76. The van der Waals surface area contributed by atoms with Crippen LogP contribution in [0.2, 0.25) is 0 Å². The summed E-state index contributed by atoms with van der Waals surface area (Å²) in [6.07, 6.45) is 31.6. The summed E-state index contributed by atoms with van der Waals surface area (Å²) in [6, 6.07) is 0. The van der Waals surface area contributed by atoms with Gasteiger partial charge in [0.2, 0.25) is 0 Å². The summed E-state index contributed by atoms with van der Waals surface area (Å²) in [4.78, 5) is 37.0. The first-order valence-electron chi connectivity index (χ1n) is 22.0. The molecule has 9 nitrogen and oxygen atoms in total. The molecule has 0 radical (unpaired) electrons. The first-order chi connectivity index (χ1) is 26.4. The Morgan fingerprint density at radius 3 is 1.54 bits per heavy atom. The maximum Gasteiger partial charge on any atom is 0.305 e. The number of esters is 3. The molecule has 1 N–H and O–H groups in total. The molecule has 0 aromatic rings. The molecule has 2 unspecified atom stereocenters. The molecule has 0 aliphatic rings. The number of carbonyl (C=O) groups excluding carboxylic acids is 3. The van der Waals surface area contributed by atoms with Crippen molar-refractivity contribution in [3.8, 4) is 0 Å². The van der Waals surface area contributed by atoms with Gasteiger partial charge in [0.05, 0.1) is 38.8 Å². The number of rotatable bonds is 40. The standard InChI is InChI=1S/C45H82O9/c1-5-9-13-16-20-25-34-51-45(52-35-26-21-17-14-10-6-2)32-31-44(49)54-39-41(37-46)38-53-43(48)30-24-19-18-23-29-42(47)50-36-33-40(27-12-8-4)28-22-15-11-7-3/h9-10,13-14,40-41,45-46H,5-8,11-12,15-39H2,1-4H3/b13-9-,14-10-. The lowest BCUT2D eigenvalue weighted by Gasteiger charge is -2.19. The van der Waals surface area contributed by atoms with E-state index < -0.39 is 18.2 Å². The SMILES string of the molecule is CC/C=C\CCCCOC(CCC(=O)OCC(CO)COC(=O)CCCCCCC(=O)OCCC(CCCC)CCCCCC)OCCCC/C=C\CC. The van der Waals surface area contributed by atoms with Gasteiger partial charge in [-0.05, 0) is 76.5 Å². The fourth-order valence-electron chi connectivity index (χ4n) is 5.99. The normalized spacial score (nSPS) is 12.9. The van der Waals surface area contributed by atoms with Crippen LogP contribution < -0.4 is 0 Å². The highest BCUT2D eigenvalue weighted by atomic mass is 16.7. The van der Waals surface area contributed by atoms with E-state index in [1.165, 1.54) is 51.4 Å². The van der Waals surface area contributed by atoms with Crippen LogP contribution in [-0.4, -0.2) is 68.9 Å². The summed E-state index contributed by atoms with van der Waals surface area (Å²) < 4.78 is 28.2. The predicted octanol–water partition coefficient (Wildman–Crippen LogP) is 11.1. The summed E-state index contributed by atoms with van der Waals surface area (Å²) in [6.45, 7) is 10.1. The number of ether oxygens (including phenoxy) is 5. The zero-order valence-corrected chi connectivity index (χ0v) is 35.2. The van der Waals surface area contributed by atoms with Gasteiger partial charge in [0, 0.05) is 32.5 Å². The highest BCUT2D eigenvalue weighted by molar-refractivity contribution is 5.70. The second kappa shape index (κ2) is 40.4. The number of hydrogen-bond acceptors (Lipinski definition) is 9. The summed E-state index contributed by atoms with van der Waals surface area (Å²) in [5.41, 5.74) is 0. The second-order valence-electron chi connectivity index (χ2n) is 14.7. The van der Waals surface area contributed by atoms with Crippen LogP contribution in [0.5, 0.6) is 0 Å². The van der Waals surface area contributed by atoms with Gasteiger partial charge in [-0.25, -0.2) is 0 Å². The molecule has 0 aromatic carbocycles. The minimum Gasteiger partial charge on any atom is -0.466 e. The maximum absolute atomic E-state index is 12.5. The lowest BCUT2D eigenvalue weighted by molar-refractivity contribution is -0.161. The Balaban J connectivity index is 4.24. The summed E-state index contributed by atoms with van der Waals surface area (Å²) in [7, 11) is 0. The second-order valence-corrected chi connectivity index (χ2v) is 14.7. The first-order valence-corrected chi connectivity index (χ1v) is 22.0. The molecule has 316 valence electrons. The molecule has 0 saturated carbocycles. The van der Waals surface area contributed by atoms with Crippen LogP contribution >= 0.6 is 0 Å². The van der Waals surface area contributed by atoms with E-state index in [2.05, 4.69) is 52.0 Å². The van der Waals surface area contributed by atoms with E-state index in [0.717, 1.165) is 77.0 Å². The van der Waals surface area contributed by atoms with Crippen LogP contribution in [0.3, 0.4) is 0 Å². The Labute approximate surface area is 330 Å². The molecule has 0 saturated heterocycles. The number of aliphatic hydroxyl groups excluding tert-OH is 1. The molecule has 0 aliphatic heterocycles. The molecule has 0 fully saturated rings. The van der Waals surface area contributed by atoms with Crippen molar-refractivity contribution in [2.45, 2.75) is 195 Å². The average Bonchev–Trinajstić information content (AvgIpc) is 3.17. The van der Waals surface area contributed by atoms with Gasteiger partial charge in [-0.2, -0.15) is 0 Å². The molecule has 0 rings (SSSR count). The third kappa shape index (κ3) is 35.5. The van der Waals surface area contributed by atoms with Gasteiger partial charge in [-0.15, -0.1) is 0 Å². The van der Waals surface area contributed by atoms with Crippen LogP contribution in [0.1, 0.15) is 188 Å². The van der Waals surface area contributed by atoms with E-state index >= 15 is 0 Å². The van der Waals surface area contributed by atoms with Crippen molar-refractivity contribution in [2.24, 2.45) is 11.8 Å². The van der Waals surface area contributed by atoms with Gasteiger partial charge in [-0.1, -0.05) is 116 Å². The van der Waals surface area contributed by atoms with Crippen LogP contribution in [-0.2, 0) is 38.1 Å². The molecular formula is C45H82O9. The molecule has 2 atom stereocenters. The van der Waals surface area contributed by atoms with E-state index in [1.54, 1.807) is 0 Å². The number of carbonyl (C=O) groups is 3. The van der Waals surface area contributed by atoms with Crippen molar-refractivity contribution >= 4 is 17.9 Å². The lowest BCUT2D eigenvalue weighted by atomic mass is 9.92. The van der Waals surface area contributed by atoms with E-state index in [4.69, 9.17) is 23.7 Å². The van der Waals surface area contributed by atoms with Crippen LogP contribution in [0.4, 0.5) is 0 Å². The van der Waals surface area contributed by atoms with Gasteiger partial charge in [0.25, 0.3) is 0 Å². The molecule has 0 heterocycles.